The molecule has 0 bridgehead atoms. The van der Waals surface area contributed by atoms with Gasteiger partial charge < -0.3 is 10.6 Å². The minimum atomic E-state index is -2.14. The van der Waals surface area contributed by atoms with Gasteiger partial charge in [0.05, 0.1) is 0 Å². The quantitative estimate of drug-likeness (QED) is 0.656. The third-order valence-electron chi connectivity index (χ3n) is 2.02. The highest BCUT2D eigenvalue weighted by Gasteiger charge is 2.32. The lowest BCUT2D eigenvalue weighted by Crippen LogP contribution is -2.50. The van der Waals surface area contributed by atoms with Crippen molar-refractivity contribution in [1.82, 2.24) is 4.90 Å². The van der Waals surface area contributed by atoms with Crippen molar-refractivity contribution in [2.75, 3.05) is 26.2 Å². The lowest BCUT2D eigenvalue weighted by Gasteiger charge is -2.38. The van der Waals surface area contributed by atoms with Crippen LogP contribution < -0.4 is 5.73 Å². The second kappa shape index (κ2) is 3.97. The van der Waals surface area contributed by atoms with E-state index in [-0.39, 0.29) is 5.92 Å². The highest BCUT2D eigenvalue weighted by Crippen LogP contribution is 2.21. The van der Waals surface area contributed by atoms with E-state index >= 15 is 0 Å². The lowest BCUT2D eigenvalue weighted by molar-refractivity contribution is -0.0240. The summed E-state index contributed by atoms with van der Waals surface area (Å²) in [7, 11) is 0. The molecule has 0 aromatic carbocycles. The average molecular weight is 164 g/mol. The van der Waals surface area contributed by atoms with Gasteiger partial charge in [-0.15, -0.1) is 0 Å². The summed E-state index contributed by atoms with van der Waals surface area (Å²) in [4.78, 5) is 2.02. The molecule has 1 aliphatic heterocycles. The Balaban J connectivity index is 2.00. The van der Waals surface area contributed by atoms with Gasteiger partial charge in [0, 0.05) is 19.0 Å². The number of likely N-dealkylation sites (tertiary alicyclic amines) is 1. The van der Waals surface area contributed by atoms with Gasteiger partial charge in [-0.2, -0.15) is 0 Å². The van der Waals surface area contributed by atoms with Crippen molar-refractivity contribution in [3.63, 3.8) is 0 Å². The van der Waals surface area contributed by atoms with E-state index in [1.54, 1.807) is 0 Å². The Morgan fingerprint density at radius 3 is 2.55 bits per heavy atom. The second-order valence-electron chi connectivity index (χ2n) is 3.00. The van der Waals surface area contributed by atoms with Crippen LogP contribution in [0.25, 0.3) is 0 Å². The molecule has 66 valence electrons. The first-order valence-electron chi connectivity index (χ1n) is 3.94. The first kappa shape index (κ1) is 8.87. The molecule has 0 aliphatic carbocycles. The van der Waals surface area contributed by atoms with Crippen LogP contribution in [0.3, 0.4) is 0 Å². The van der Waals surface area contributed by atoms with E-state index < -0.39 is 6.43 Å². The van der Waals surface area contributed by atoms with Gasteiger partial charge in [-0.05, 0) is 19.5 Å². The number of nitrogens with two attached hydrogens (primary N) is 1. The van der Waals surface area contributed by atoms with Crippen LogP contribution in [0.15, 0.2) is 0 Å². The molecule has 1 aliphatic rings. The molecule has 11 heavy (non-hydrogen) atoms. The number of hydrogen-bond acceptors (Lipinski definition) is 2. The van der Waals surface area contributed by atoms with Crippen molar-refractivity contribution in [3.8, 4) is 0 Å². The van der Waals surface area contributed by atoms with Crippen molar-refractivity contribution >= 4 is 0 Å². The zero-order chi connectivity index (χ0) is 8.27. The smallest absolute Gasteiger partial charge is 0.243 e. The summed E-state index contributed by atoms with van der Waals surface area (Å²) >= 11 is 0. The van der Waals surface area contributed by atoms with Gasteiger partial charge in [-0.3, -0.25) is 0 Å². The first-order valence-corrected chi connectivity index (χ1v) is 3.94. The largest absolute Gasteiger partial charge is 0.330 e. The van der Waals surface area contributed by atoms with Crippen molar-refractivity contribution in [1.29, 1.82) is 0 Å². The number of halogens is 2. The van der Waals surface area contributed by atoms with Crippen LogP contribution >= 0.6 is 0 Å². The third kappa shape index (κ3) is 2.38. The summed E-state index contributed by atoms with van der Waals surface area (Å²) in [6, 6.07) is 0. The molecular formula is C7H14F2N2. The van der Waals surface area contributed by atoms with E-state index in [4.69, 9.17) is 5.73 Å². The van der Waals surface area contributed by atoms with Gasteiger partial charge in [-0.1, -0.05) is 0 Å². The van der Waals surface area contributed by atoms with E-state index in [2.05, 4.69) is 0 Å². The summed E-state index contributed by atoms with van der Waals surface area (Å²) in [5.41, 5.74) is 5.28. The fourth-order valence-electron chi connectivity index (χ4n) is 1.27. The van der Waals surface area contributed by atoms with Crippen LogP contribution in [0.5, 0.6) is 0 Å². The Morgan fingerprint density at radius 1 is 1.45 bits per heavy atom. The van der Waals surface area contributed by atoms with Crippen molar-refractivity contribution in [3.05, 3.63) is 0 Å². The molecule has 2 N–H and O–H groups in total. The normalized spacial score (nSPS) is 20.7. The predicted octanol–water partition coefficient (Wildman–Crippen LogP) is 0.532. The lowest BCUT2D eigenvalue weighted by atomic mass is 10.0. The van der Waals surface area contributed by atoms with Crippen molar-refractivity contribution < 1.29 is 8.78 Å². The summed E-state index contributed by atoms with van der Waals surface area (Å²) in [6.45, 7) is 2.63. The van der Waals surface area contributed by atoms with Crippen LogP contribution in [-0.4, -0.2) is 37.5 Å². The predicted molar refractivity (Wildman–Crippen MR) is 39.6 cm³/mol. The molecule has 2 nitrogen and oxygen atoms in total. The monoisotopic (exact) mass is 164 g/mol. The highest BCUT2D eigenvalue weighted by molar-refractivity contribution is 4.80. The topological polar surface area (TPSA) is 29.3 Å². The van der Waals surface area contributed by atoms with Crippen molar-refractivity contribution in [2.24, 2.45) is 11.7 Å². The first-order chi connectivity index (χ1) is 5.24. The molecule has 1 heterocycles. The number of alkyl halides is 2. The van der Waals surface area contributed by atoms with E-state index in [1.165, 1.54) is 0 Å². The summed E-state index contributed by atoms with van der Waals surface area (Å²) in [5, 5.41) is 0. The maximum atomic E-state index is 11.9. The van der Waals surface area contributed by atoms with Crippen LogP contribution in [0.1, 0.15) is 6.42 Å². The van der Waals surface area contributed by atoms with E-state index in [0.29, 0.717) is 19.6 Å². The van der Waals surface area contributed by atoms with Crippen LogP contribution in [0.4, 0.5) is 8.78 Å². The zero-order valence-electron chi connectivity index (χ0n) is 6.47. The third-order valence-corrected chi connectivity index (χ3v) is 2.02. The Labute approximate surface area is 65.4 Å². The Kier molecular flexibility index (Phi) is 3.20. The van der Waals surface area contributed by atoms with E-state index in [1.807, 2.05) is 4.90 Å². The molecule has 1 fully saturated rings. The summed E-state index contributed by atoms with van der Waals surface area (Å²) < 4.78 is 23.8. The Morgan fingerprint density at radius 2 is 2.09 bits per heavy atom. The van der Waals surface area contributed by atoms with Gasteiger partial charge in [0.25, 0.3) is 0 Å². The molecule has 1 saturated heterocycles. The molecule has 1 rings (SSSR count). The molecule has 0 atom stereocenters. The van der Waals surface area contributed by atoms with Crippen LogP contribution in [-0.2, 0) is 0 Å². The number of nitrogens with zero attached hydrogens (tertiary/aromatic N) is 1. The van der Waals surface area contributed by atoms with E-state index in [0.717, 1.165) is 13.0 Å². The minimum Gasteiger partial charge on any atom is -0.330 e. The SMILES string of the molecule is NCCCN1CC(C(F)F)C1. The maximum absolute atomic E-state index is 11.9. The van der Waals surface area contributed by atoms with Gasteiger partial charge in [0.2, 0.25) is 6.43 Å². The highest BCUT2D eigenvalue weighted by atomic mass is 19.3. The van der Waals surface area contributed by atoms with Gasteiger partial charge in [0.15, 0.2) is 0 Å². The fourth-order valence-corrected chi connectivity index (χ4v) is 1.27. The summed E-state index contributed by atoms with van der Waals surface area (Å²) in [6.07, 6.45) is -1.22. The minimum absolute atomic E-state index is 0.382. The van der Waals surface area contributed by atoms with Gasteiger partial charge in [0.1, 0.15) is 0 Å². The van der Waals surface area contributed by atoms with Gasteiger partial charge in [-0.25, -0.2) is 8.78 Å². The molecule has 4 heteroatoms. The molecule has 0 spiro atoms. The molecule has 0 amide bonds. The Hall–Kier alpha value is -0.220. The fraction of sp³-hybridized carbons (Fsp3) is 1.00. The molecule has 0 saturated carbocycles. The molecule has 0 unspecified atom stereocenters. The summed E-state index contributed by atoms with van der Waals surface area (Å²) in [5.74, 6) is -0.382. The average Bonchev–Trinajstić information content (AvgIpc) is 1.84. The zero-order valence-corrected chi connectivity index (χ0v) is 6.47. The number of hydrogen-bond donors (Lipinski definition) is 1. The Bertz CT molecular complexity index is 113. The molecular weight excluding hydrogens is 150 g/mol. The van der Waals surface area contributed by atoms with Crippen LogP contribution in [0, 0.1) is 5.92 Å². The molecule has 0 radical (unpaired) electrons. The van der Waals surface area contributed by atoms with E-state index in [9.17, 15) is 8.78 Å². The number of rotatable bonds is 4. The van der Waals surface area contributed by atoms with Crippen LogP contribution in [0.2, 0.25) is 0 Å². The second-order valence-corrected chi connectivity index (χ2v) is 3.00. The van der Waals surface area contributed by atoms with Crippen molar-refractivity contribution in [2.45, 2.75) is 12.8 Å². The molecule has 0 aromatic heterocycles. The standard InChI is InChI=1S/C7H14F2N2/c8-7(9)6-4-11(5-6)3-1-2-10/h6-7H,1-5,10H2. The van der Waals surface area contributed by atoms with Gasteiger partial charge >= 0.3 is 0 Å². The maximum Gasteiger partial charge on any atom is 0.243 e. The molecule has 0 aromatic rings.